The van der Waals surface area contributed by atoms with Crippen molar-refractivity contribution in [1.82, 2.24) is 9.97 Å². The summed E-state index contributed by atoms with van der Waals surface area (Å²) >= 11 is 0. The lowest BCUT2D eigenvalue weighted by Crippen LogP contribution is -2.14. The highest BCUT2D eigenvalue weighted by Crippen LogP contribution is 2.26. The summed E-state index contributed by atoms with van der Waals surface area (Å²) in [6.45, 7) is 4.80. The maximum atomic E-state index is 11.9. The van der Waals surface area contributed by atoms with Crippen LogP contribution in [0.5, 0.6) is 5.75 Å². The van der Waals surface area contributed by atoms with Gasteiger partial charge in [-0.2, -0.15) is 0 Å². The molecule has 1 heterocycles. The van der Waals surface area contributed by atoms with E-state index in [2.05, 4.69) is 9.97 Å². The van der Waals surface area contributed by atoms with Gasteiger partial charge in [0.05, 0.1) is 12.2 Å². The van der Waals surface area contributed by atoms with E-state index in [1.54, 1.807) is 14.0 Å². The standard InChI is InChI=1S/C16H20N2O3/c1-11-12(2)17-15(18-16(11)19)13-7-4-5-8-14(13)21-10-6-9-20-3/h4-5,7-8H,6,9-10H2,1-3H3,(H,17,18,19). The van der Waals surface area contributed by atoms with Gasteiger partial charge in [-0.3, -0.25) is 4.79 Å². The van der Waals surface area contributed by atoms with Crippen LogP contribution in [0.25, 0.3) is 11.4 Å². The van der Waals surface area contributed by atoms with Crippen LogP contribution in [0.1, 0.15) is 17.7 Å². The first kappa shape index (κ1) is 15.3. The van der Waals surface area contributed by atoms with Gasteiger partial charge in [0.1, 0.15) is 11.6 Å². The highest BCUT2D eigenvalue weighted by molar-refractivity contribution is 5.64. The summed E-state index contributed by atoms with van der Waals surface area (Å²) in [4.78, 5) is 19.1. The third-order valence-corrected chi connectivity index (χ3v) is 3.29. The smallest absolute Gasteiger partial charge is 0.254 e. The van der Waals surface area contributed by atoms with E-state index < -0.39 is 0 Å². The van der Waals surface area contributed by atoms with Gasteiger partial charge in [0.15, 0.2) is 0 Å². The summed E-state index contributed by atoms with van der Waals surface area (Å²) in [5.41, 5.74) is 2.03. The van der Waals surface area contributed by atoms with Crippen molar-refractivity contribution in [2.75, 3.05) is 20.3 Å². The first-order valence-electron chi connectivity index (χ1n) is 6.92. The van der Waals surface area contributed by atoms with E-state index in [0.717, 1.165) is 17.7 Å². The second-order valence-electron chi connectivity index (χ2n) is 4.82. The normalized spacial score (nSPS) is 10.6. The average Bonchev–Trinajstić information content (AvgIpc) is 2.49. The number of hydrogen-bond acceptors (Lipinski definition) is 4. The maximum Gasteiger partial charge on any atom is 0.254 e. The first-order chi connectivity index (χ1) is 10.1. The molecule has 1 aromatic carbocycles. The van der Waals surface area contributed by atoms with Gasteiger partial charge in [-0.25, -0.2) is 4.98 Å². The minimum absolute atomic E-state index is 0.119. The maximum absolute atomic E-state index is 11.9. The summed E-state index contributed by atoms with van der Waals surface area (Å²) in [7, 11) is 1.66. The minimum atomic E-state index is -0.119. The van der Waals surface area contributed by atoms with Crippen LogP contribution >= 0.6 is 0 Å². The number of nitrogens with zero attached hydrogens (tertiary/aromatic N) is 1. The second-order valence-corrected chi connectivity index (χ2v) is 4.82. The summed E-state index contributed by atoms with van der Waals surface area (Å²) in [5, 5.41) is 0. The van der Waals surface area contributed by atoms with E-state index >= 15 is 0 Å². The Labute approximate surface area is 124 Å². The Morgan fingerprint density at radius 3 is 2.67 bits per heavy atom. The van der Waals surface area contributed by atoms with Gasteiger partial charge in [-0.1, -0.05) is 12.1 Å². The Bertz CT molecular complexity index is 665. The predicted molar refractivity (Wildman–Crippen MR) is 81.8 cm³/mol. The molecule has 5 heteroatoms. The SMILES string of the molecule is COCCCOc1ccccc1-c1nc(C)c(C)c(=O)[nH]1. The number of methoxy groups -OCH3 is 1. The number of ether oxygens (including phenoxy) is 2. The van der Waals surface area contributed by atoms with Crippen LogP contribution in [-0.2, 0) is 4.74 Å². The molecule has 0 amide bonds. The van der Waals surface area contributed by atoms with Gasteiger partial charge in [0, 0.05) is 31.4 Å². The number of aromatic nitrogens is 2. The molecule has 1 N–H and O–H groups in total. The fraction of sp³-hybridized carbons (Fsp3) is 0.375. The van der Waals surface area contributed by atoms with Crippen LogP contribution in [-0.4, -0.2) is 30.3 Å². The lowest BCUT2D eigenvalue weighted by molar-refractivity contribution is 0.172. The quantitative estimate of drug-likeness (QED) is 0.829. The number of benzene rings is 1. The number of rotatable bonds is 6. The van der Waals surface area contributed by atoms with Crippen LogP contribution in [0.4, 0.5) is 0 Å². The van der Waals surface area contributed by atoms with Crippen molar-refractivity contribution in [2.45, 2.75) is 20.3 Å². The number of nitrogens with one attached hydrogen (secondary N) is 1. The second kappa shape index (κ2) is 7.04. The zero-order chi connectivity index (χ0) is 15.2. The molecule has 0 aliphatic carbocycles. The van der Waals surface area contributed by atoms with E-state index in [0.29, 0.717) is 30.4 Å². The fourth-order valence-corrected chi connectivity index (χ4v) is 1.95. The molecule has 0 aliphatic heterocycles. The van der Waals surface area contributed by atoms with E-state index in [-0.39, 0.29) is 5.56 Å². The van der Waals surface area contributed by atoms with E-state index in [4.69, 9.17) is 9.47 Å². The van der Waals surface area contributed by atoms with Gasteiger partial charge in [-0.05, 0) is 26.0 Å². The zero-order valence-corrected chi connectivity index (χ0v) is 12.6. The molecule has 0 fully saturated rings. The molecule has 0 saturated heterocycles. The molecule has 0 atom stereocenters. The summed E-state index contributed by atoms with van der Waals surface area (Å²) < 4.78 is 10.8. The van der Waals surface area contributed by atoms with E-state index in [1.807, 2.05) is 31.2 Å². The van der Waals surface area contributed by atoms with E-state index in [9.17, 15) is 4.79 Å². The van der Waals surface area contributed by atoms with Crippen molar-refractivity contribution >= 4 is 0 Å². The number of para-hydroxylation sites is 1. The van der Waals surface area contributed by atoms with Crippen molar-refractivity contribution < 1.29 is 9.47 Å². The zero-order valence-electron chi connectivity index (χ0n) is 12.6. The monoisotopic (exact) mass is 288 g/mol. The number of aryl methyl sites for hydroxylation is 1. The molecule has 5 nitrogen and oxygen atoms in total. The molecular weight excluding hydrogens is 268 g/mol. The number of aromatic amines is 1. The minimum Gasteiger partial charge on any atom is -0.493 e. The summed E-state index contributed by atoms with van der Waals surface area (Å²) in [6, 6.07) is 7.55. The topological polar surface area (TPSA) is 64.2 Å². The van der Waals surface area contributed by atoms with Crippen molar-refractivity contribution in [3.05, 3.63) is 45.9 Å². The van der Waals surface area contributed by atoms with Gasteiger partial charge in [0.25, 0.3) is 5.56 Å². The lowest BCUT2D eigenvalue weighted by Gasteiger charge is -2.11. The van der Waals surface area contributed by atoms with Gasteiger partial charge in [-0.15, -0.1) is 0 Å². The highest BCUT2D eigenvalue weighted by atomic mass is 16.5. The molecule has 0 spiro atoms. The third kappa shape index (κ3) is 3.70. The fourth-order valence-electron chi connectivity index (χ4n) is 1.95. The summed E-state index contributed by atoms with van der Waals surface area (Å²) in [6.07, 6.45) is 0.807. The average molecular weight is 288 g/mol. The Kier molecular flexibility index (Phi) is 5.11. The number of hydrogen-bond donors (Lipinski definition) is 1. The van der Waals surface area contributed by atoms with Gasteiger partial charge < -0.3 is 14.5 Å². The Balaban J connectivity index is 2.29. The Morgan fingerprint density at radius 2 is 1.95 bits per heavy atom. The molecular formula is C16H20N2O3. The Morgan fingerprint density at radius 1 is 1.19 bits per heavy atom. The largest absolute Gasteiger partial charge is 0.493 e. The molecule has 0 bridgehead atoms. The van der Waals surface area contributed by atoms with Gasteiger partial charge >= 0.3 is 0 Å². The Hall–Kier alpha value is -2.14. The van der Waals surface area contributed by atoms with Crippen LogP contribution in [0.3, 0.4) is 0 Å². The van der Waals surface area contributed by atoms with Crippen molar-refractivity contribution in [1.29, 1.82) is 0 Å². The van der Waals surface area contributed by atoms with Crippen LogP contribution < -0.4 is 10.3 Å². The molecule has 1 aromatic heterocycles. The molecule has 2 aromatic rings. The first-order valence-corrected chi connectivity index (χ1v) is 6.92. The van der Waals surface area contributed by atoms with Gasteiger partial charge in [0.2, 0.25) is 0 Å². The summed E-state index contributed by atoms with van der Waals surface area (Å²) in [5.74, 6) is 1.24. The van der Waals surface area contributed by atoms with Crippen molar-refractivity contribution in [3.8, 4) is 17.1 Å². The molecule has 112 valence electrons. The van der Waals surface area contributed by atoms with Crippen molar-refractivity contribution in [2.24, 2.45) is 0 Å². The molecule has 0 aliphatic rings. The van der Waals surface area contributed by atoms with E-state index in [1.165, 1.54) is 0 Å². The number of H-pyrrole nitrogens is 1. The molecule has 2 rings (SSSR count). The third-order valence-electron chi connectivity index (χ3n) is 3.29. The molecule has 0 saturated carbocycles. The van der Waals surface area contributed by atoms with Crippen molar-refractivity contribution in [3.63, 3.8) is 0 Å². The lowest BCUT2D eigenvalue weighted by atomic mass is 10.1. The predicted octanol–water partition coefficient (Wildman–Crippen LogP) is 2.47. The highest BCUT2D eigenvalue weighted by Gasteiger charge is 2.10. The van der Waals surface area contributed by atoms with Crippen LogP contribution in [0.15, 0.2) is 29.1 Å². The van der Waals surface area contributed by atoms with Crippen LogP contribution in [0, 0.1) is 13.8 Å². The molecule has 0 radical (unpaired) electrons. The van der Waals surface area contributed by atoms with Crippen LogP contribution in [0.2, 0.25) is 0 Å². The molecule has 21 heavy (non-hydrogen) atoms. The molecule has 0 unspecified atom stereocenters.